The Kier molecular flexibility index (Phi) is 6.59. The van der Waals surface area contributed by atoms with Crippen LogP contribution in [0, 0.1) is 0 Å². The molecule has 6 nitrogen and oxygen atoms in total. The molecule has 4 rings (SSSR count). The van der Waals surface area contributed by atoms with E-state index in [1.807, 2.05) is 66.7 Å². The lowest BCUT2D eigenvalue weighted by Gasteiger charge is -2.29. The topological polar surface area (TPSA) is 80.6 Å². The zero-order valence-corrected chi connectivity index (χ0v) is 18.2. The van der Waals surface area contributed by atoms with Gasteiger partial charge >= 0.3 is 0 Å². The van der Waals surface area contributed by atoms with Crippen LogP contribution in [0.1, 0.15) is 48.6 Å². The first-order valence-corrected chi connectivity index (χ1v) is 10.9. The van der Waals surface area contributed by atoms with Gasteiger partial charge in [-0.2, -0.15) is 0 Å². The Labute approximate surface area is 188 Å². The normalized spacial score (nSPS) is 18.7. The third-order valence-corrected chi connectivity index (χ3v) is 6.03. The molecule has 0 radical (unpaired) electrons. The number of hydrogen-bond acceptors (Lipinski definition) is 4. The van der Waals surface area contributed by atoms with Crippen LogP contribution >= 0.6 is 0 Å². The first kappa shape index (κ1) is 21.7. The first-order valence-electron chi connectivity index (χ1n) is 10.9. The molecule has 3 aromatic rings. The van der Waals surface area contributed by atoms with Gasteiger partial charge in [0, 0.05) is 18.4 Å². The number of methoxy groups -OCH3 is 1. The van der Waals surface area contributed by atoms with E-state index in [0.29, 0.717) is 37.9 Å². The summed E-state index contributed by atoms with van der Waals surface area (Å²) in [5.74, 6) is 1.44. The molecule has 0 aliphatic carbocycles. The van der Waals surface area contributed by atoms with Crippen LogP contribution in [-0.4, -0.2) is 24.5 Å². The summed E-state index contributed by atoms with van der Waals surface area (Å²) in [4.78, 5) is 25.0. The molecule has 1 fully saturated rings. The minimum Gasteiger partial charge on any atom is -0.497 e. The standard InChI is InChI=1S/C26H28N2O4/c1-31-21-11-9-19(10-12-21)18-26(16-14-24(30)28-26)15-13-23(29)27-25(22-8-5-17-32-22)20-6-3-2-4-7-20/h2-12,17,25H,13-16,18H2,1H3,(H,27,29)(H,28,30). The lowest BCUT2D eigenvalue weighted by Crippen LogP contribution is -2.44. The Bertz CT molecular complexity index is 1030. The number of benzene rings is 2. The van der Waals surface area contributed by atoms with Crippen LogP contribution in [0.2, 0.25) is 0 Å². The predicted octanol–water partition coefficient (Wildman–Crippen LogP) is 4.17. The van der Waals surface area contributed by atoms with E-state index in [1.165, 1.54) is 0 Å². The largest absolute Gasteiger partial charge is 0.497 e. The van der Waals surface area contributed by atoms with Crippen molar-refractivity contribution < 1.29 is 18.7 Å². The van der Waals surface area contributed by atoms with Crippen molar-refractivity contribution in [2.45, 2.75) is 43.7 Å². The van der Waals surface area contributed by atoms with Crippen molar-refractivity contribution in [1.29, 1.82) is 0 Å². The van der Waals surface area contributed by atoms with Crippen LogP contribution in [0.4, 0.5) is 0 Å². The lowest BCUT2D eigenvalue weighted by molar-refractivity contribution is -0.123. The van der Waals surface area contributed by atoms with E-state index in [-0.39, 0.29) is 17.9 Å². The third kappa shape index (κ3) is 5.19. The van der Waals surface area contributed by atoms with Crippen molar-refractivity contribution in [2.75, 3.05) is 7.11 Å². The fraction of sp³-hybridized carbons (Fsp3) is 0.308. The van der Waals surface area contributed by atoms with Crippen molar-refractivity contribution in [3.63, 3.8) is 0 Å². The predicted molar refractivity (Wildman–Crippen MR) is 121 cm³/mol. The summed E-state index contributed by atoms with van der Waals surface area (Å²) in [5.41, 5.74) is 1.64. The highest BCUT2D eigenvalue weighted by Crippen LogP contribution is 2.30. The van der Waals surface area contributed by atoms with Crippen LogP contribution in [0.25, 0.3) is 0 Å². The zero-order chi connectivity index (χ0) is 22.4. The van der Waals surface area contributed by atoms with Gasteiger partial charge in [0.15, 0.2) is 0 Å². The molecule has 2 unspecified atom stereocenters. The molecule has 1 saturated heterocycles. The quantitative estimate of drug-likeness (QED) is 0.532. The van der Waals surface area contributed by atoms with Gasteiger partial charge in [0.05, 0.1) is 13.4 Å². The van der Waals surface area contributed by atoms with E-state index < -0.39 is 5.54 Å². The van der Waals surface area contributed by atoms with E-state index in [9.17, 15) is 9.59 Å². The Balaban J connectivity index is 1.44. The van der Waals surface area contributed by atoms with Crippen molar-refractivity contribution in [3.05, 3.63) is 89.9 Å². The fourth-order valence-corrected chi connectivity index (χ4v) is 4.32. The van der Waals surface area contributed by atoms with E-state index in [1.54, 1.807) is 13.4 Å². The summed E-state index contributed by atoms with van der Waals surface area (Å²) < 4.78 is 10.8. The summed E-state index contributed by atoms with van der Waals surface area (Å²) in [7, 11) is 1.64. The van der Waals surface area contributed by atoms with E-state index in [2.05, 4.69) is 10.6 Å². The Morgan fingerprint density at radius 1 is 1.12 bits per heavy atom. The molecule has 1 aliphatic heterocycles. The maximum atomic E-state index is 13.0. The summed E-state index contributed by atoms with van der Waals surface area (Å²) in [6.07, 6.45) is 4.35. The Morgan fingerprint density at radius 2 is 1.91 bits per heavy atom. The summed E-state index contributed by atoms with van der Waals surface area (Å²) in [6, 6.07) is 20.9. The van der Waals surface area contributed by atoms with Crippen LogP contribution in [0.15, 0.2) is 77.4 Å². The van der Waals surface area contributed by atoms with Gasteiger partial charge in [-0.15, -0.1) is 0 Å². The number of carbonyl (C=O) groups is 2. The Hall–Kier alpha value is -3.54. The van der Waals surface area contributed by atoms with Crippen LogP contribution < -0.4 is 15.4 Å². The highest BCUT2D eigenvalue weighted by molar-refractivity contribution is 5.80. The lowest BCUT2D eigenvalue weighted by atomic mass is 9.85. The number of amides is 2. The molecule has 166 valence electrons. The highest BCUT2D eigenvalue weighted by atomic mass is 16.5. The third-order valence-electron chi connectivity index (χ3n) is 6.03. The molecule has 2 heterocycles. The van der Waals surface area contributed by atoms with Crippen LogP contribution in [-0.2, 0) is 16.0 Å². The van der Waals surface area contributed by atoms with E-state index in [4.69, 9.17) is 9.15 Å². The molecule has 2 atom stereocenters. The van der Waals surface area contributed by atoms with E-state index >= 15 is 0 Å². The van der Waals surface area contributed by atoms with Crippen molar-refractivity contribution in [2.24, 2.45) is 0 Å². The molecular weight excluding hydrogens is 404 g/mol. The second-order valence-electron chi connectivity index (χ2n) is 8.28. The number of furan rings is 1. The van der Waals surface area contributed by atoms with Gasteiger partial charge < -0.3 is 19.8 Å². The van der Waals surface area contributed by atoms with E-state index in [0.717, 1.165) is 16.9 Å². The first-order chi connectivity index (χ1) is 15.6. The van der Waals surface area contributed by atoms with Gasteiger partial charge in [-0.25, -0.2) is 0 Å². The van der Waals surface area contributed by atoms with Crippen molar-refractivity contribution in [3.8, 4) is 5.75 Å². The second-order valence-corrected chi connectivity index (χ2v) is 8.28. The maximum absolute atomic E-state index is 13.0. The molecule has 2 aromatic carbocycles. The summed E-state index contributed by atoms with van der Waals surface area (Å²) in [5, 5.41) is 6.25. The number of rotatable bonds is 9. The maximum Gasteiger partial charge on any atom is 0.220 e. The molecule has 0 bridgehead atoms. The molecule has 2 N–H and O–H groups in total. The average Bonchev–Trinajstić information content (AvgIpc) is 3.48. The second kappa shape index (κ2) is 9.73. The average molecular weight is 433 g/mol. The number of nitrogens with one attached hydrogen (secondary N) is 2. The van der Waals surface area contributed by atoms with Gasteiger partial charge in [0.2, 0.25) is 11.8 Å². The molecule has 1 aromatic heterocycles. The number of ether oxygens (including phenoxy) is 1. The number of hydrogen-bond donors (Lipinski definition) is 2. The van der Waals surface area contributed by atoms with Gasteiger partial charge in [0.1, 0.15) is 17.6 Å². The number of carbonyl (C=O) groups excluding carboxylic acids is 2. The Morgan fingerprint density at radius 3 is 2.53 bits per heavy atom. The van der Waals surface area contributed by atoms with Gasteiger partial charge in [-0.05, 0) is 54.7 Å². The van der Waals surface area contributed by atoms with Crippen molar-refractivity contribution >= 4 is 11.8 Å². The smallest absolute Gasteiger partial charge is 0.220 e. The van der Waals surface area contributed by atoms with Crippen LogP contribution in [0.3, 0.4) is 0 Å². The fourth-order valence-electron chi connectivity index (χ4n) is 4.32. The molecule has 1 aliphatic rings. The molecule has 0 saturated carbocycles. The van der Waals surface area contributed by atoms with Crippen LogP contribution in [0.5, 0.6) is 5.75 Å². The molecular formula is C26H28N2O4. The van der Waals surface area contributed by atoms with Gasteiger partial charge in [0.25, 0.3) is 0 Å². The van der Waals surface area contributed by atoms with Gasteiger partial charge in [-0.1, -0.05) is 42.5 Å². The monoisotopic (exact) mass is 432 g/mol. The van der Waals surface area contributed by atoms with Gasteiger partial charge in [-0.3, -0.25) is 9.59 Å². The summed E-state index contributed by atoms with van der Waals surface area (Å²) >= 11 is 0. The molecule has 32 heavy (non-hydrogen) atoms. The minimum absolute atomic E-state index is 0.0386. The summed E-state index contributed by atoms with van der Waals surface area (Å²) in [6.45, 7) is 0. The minimum atomic E-state index is -0.421. The molecule has 6 heteroatoms. The SMILES string of the molecule is COc1ccc(CC2(CCC(=O)NC(c3ccccc3)c3ccco3)CCC(=O)N2)cc1. The zero-order valence-electron chi connectivity index (χ0n) is 18.2. The molecule has 2 amide bonds. The highest BCUT2D eigenvalue weighted by Gasteiger charge is 2.38. The van der Waals surface area contributed by atoms with Crippen molar-refractivity contribution in [1.82, 2.24) is 10.6 Å². The molecule has 0 spiro atoms.